The maximum Gasteiger partial charge on any atom is 0.244 e. The summed E-state index contributed by atoms with van der Waals surface area (Å²) in [6.45, 7) is 5.24. The molecule has 0 aromatic carbocycles. The van der Waals surface area contributed by atoms with Gasteiger partial charge in [0.05, 0.1) is 12.1 Å². The molecule has 1 aliphatic heterocycles. The lowest BCUT2D eigenvalue weighted by molar-refractivity contribution is -0.136. The Balaban J connectivity index is 1.55. The van der Waals surface area contributed by atoms with Crippen LogP contribution in [0, 0.1) is 6.92 Å². The van der Waals surface area contributed by atoms with Gasteiger partial charge in [0.15, 0.2) is 5.82 Å². The summed E-state index contributed by atoms with van der Waals surface area (Å²) in [7, 11) is 0. The second kappa shape index (κ2) is 8.82. The molecule has 8 heteroatoms. The van der Waals surface area contributed by atoms with E-state index in [0.717, 1.165) is 51.6 Å². The van der Waals surface area contributed by atoms with Crippen molar-refractivity contribution in [1.82, 2.24) is 25.7 Å². The first-order valence-corrected chi connectivity index (χ1v) is 10.1. The molecule has 2 heterocycles. The van der Waals surface area contributed by atoms with E-state index in [0.29, 0.717) is 11.7 Å². The Bertz CT molecular complexity index is 648. The molecule has 2 fully saturated rings. The molecule has 2 aliphatic rings. The van der Waals surface area contributed by atoms with Crippen LogP contribution in [0.3, 0.4) is 0 Å². The molecule has 1 saturated carbocycles. The van der Waals surface area contributed by atoms with Gasteiger partial charge in [0.2, 0.25) is 17.7 Å². The number of rotatable bonds is 6. The third-order valence-corrected chi connectivity index (χ3v) is 5.67. The summed E-state index contributed by atoms with van der Waals surface area (Å²) in [5.41, 5.74) is -0.423. The van der Waals surface area contributed by atoms with E-state index < -0.39 is 11.6 Å². The van der Waals surface area contributed by atoms with Crippen molar-refractivity contribution in [1.29, 1.82) is 0 Å². The Morgan fingerprint density at radius 1 is 1.15 bits per heavy atom. The molecule has 2 amide bonds. The van der Waals surface area contributed by atoms with Crippen LogP contribution in [0.2, 0.25) is 0 Å². The molecule has 2 N–H and O–H groups in total. The molecule has 3 rings (SSSR count). The van der Waals surface area contributed by atoms with Crippen LogP contribution in [0.5, 0.6) is 0 Å². The predicted octanol–water partition coefficient (Wildman–Crippen LogP) is 1.64. The minimum atomic E-state index is -0.507. The third-order valence-electron chi connectivity index (χ3n) is 5.67. The average molecular weight is 377 g/mol. The van der Waals surface area contributed by atoms with Crippen molar-refractivity contribution in [2.24, 2.45) is 0 Å². The number of carbonyl (C=O) groups excluding carboxylic acids is 2. The molecule has 1 atom stereocenters. The summed E-state index contributed by atoms with van der Waals surface area (Å²) < 4.78 is 5.16. The zero-order chi connectivity index (χ0) is 19.3. The Morgan fingerprint density at radius 3 is 2.44 bits per heavy atom. The van der Waals surface area contributed by atoms with Gasteiger partial charge in [-0.25, -0.2) is 0 Å². The van der Waals surface area contributed by atoms with Crippen LogP contribution in [0.1, 0.15) is 70.0 Å². The minimum absolute atomic E-state index is 0.00391. The summed E-state index contributed by atoms with van der Waals surface area (Å²) in [5.74, 6) is 0.981. The van der Waals surface area contributed by atoms with Crippen LogP contribution >= 0.6 is 0 Å². The van der Waals surface area contributed by atoms with Gasteiger partial charge in [-0.3, -0.25) is 14.9 Å². The van der Waals surface area contributed by atoms with Crippen molar-refractivity contribution in [3.8, 4) is 0 Å². The summed E-state index contributed by atoms with van der Waals surface area (Å²) in [4.78, 5) is 31.2. The van der Waals surface area contributed by atoms with Crippen molar-refractivity contribution in [3.63, 3.8) is 0 Å². The molecule has 1 aliphatic carbocycles. The highest BCUT2D eigenvalue weighted by Crippen LogP contribution is 2.35. The number of piperidine rings is 1. The Kier molecular flexibility index (Phi) is 6.46. The van der Waals surface area contributed by atoms with Gasteiger partial charge in [-0.1, -0.05) is 24.4 Å². The van der Waals surface area contributed by atoms with Gasteiger partial charge in [0.1, 0.15) is 6.04 Å². The van der Waals surface area contributed by atoms with Crippen LogP contribution in [0.4, 0.5) is 0 Å². The molecule has 1 unspecified atom stereocenters. The summed E-state index contributed by atoms with van der Waals surface area (Å²) in [5, 5.41) is 10.3. The van der Waals surface area contributed by atoms with E-state index in [2.05, 4.69) is 20.8 Å². The highest BCUT2D eigenvalue weighted by atomic mass is 16.5. The van der Waals surface area contributed by atoms with E-state index in [9.17, 15) is 9.59 Å². The maximum absolute atomic E-state index is 12.5. The van der Waals surface area contributed by atoms with E-state index in [1.165, 1.54) is 12.8 Å². The number of hydrogen-bond donors (Lipinski definition) is 2. The molecule has 1 aromatic heterocycles. The topological polar surface area (TPSA) is 100 Å². The standard InChI is InChI=1S/C19H31N5O3/c1-14(17(26)24-11-7-4-8-12-24)21-16(25)13-20-19(9-5-3-6-10-19)18-22-15(2)27-23-18/h14,20H,3-13H2,1-2H3,(H,21,25). The number of likely N-dealkylation sites (tertiary alicyclic amines) is 1. The molecular formula is C19H31N5O3. The molecule has 1 aromatic rings. The van der Waals surface area contributed by atoms with Gasteiger partial charge in [0.25, 0.3) is 0 Å². The van der Waals surface area contributed by atoms with Crippen molar-refractivity contribution in [3.05, 3.63) is 11.7 Å². The molecule has 8 nitrogen and oxygen atoms in total. The Morgan fingerprint density at radius 2 is 1.81 bits per heavy atom. The van der Waals surface area contributed by atoms with Gasteiger partial charge >= 0.3 is 0 Å². The molecule has 27 heavy (non-hydrogen) atoms. The number of nitrogens with one attached hydrogen (secondary N) is 2. The van der Waals surface area contributed by atoms with Crippen LogP contribution < -0.4 is 10.6 Å². The zero-order valence-electron chi connectivity index (χ0n) is 16.4. The number of hydrogen-bond acceptors (Lipinski definition) is 6. The quantitative estimate of drug-likeness (QED) is 0.782. The van der Waals surface area contributed by atoms with Crippen molar-refractivity contribution < 1.29 is 14.1 Å². The average Bonchev–Trinajstić information content (AvgIpc) is 3.14. The van der Waals surface area contributed by atoms with Crippen molar-refractivity contribution >= 4 is 11.8 Å². The smallest absolute Gasteiger partial charge is 0.244 e. The van der Waals surface area contributed by atoms with E-state index in [1.54, 1.807) is 13.8 Å². The second-order valence-electron chi connectivity index (χ2n) is 7.81. The van der Waals surface area contributed by atoms with Gasteiger partial charge in [-0.15, -0.1) is 0 Å². The number of nitrogens with zero attached hydrogens (tertiary/aromatic N) is 3. The van der Waals surface area contributed by atoms with Crippen LogP contribution in [0.15, 0.2) is 4.52 Å². The Hall–Kier alpha value is -1.96. The first-order chi connectivity index (χ1) is 13.0. The fourth-order valence-electron chi connectivity index (χ4n) is 4.12. The van der Waals surface area contributed by atoms with Gasteiger partial charge in [0, 0.05) is 20.0 Å². The number of carbonyl (C=O) groups is 2. The normalized spacial score (nSPS) is 20.9. The molecule has 150 valence electrons. The van der Waals surface area contributed by atoms with Crippen LogP contribution in [0.25, 0.3) is 0 Å². The molecular weight excluding hydrogens is 346 g/mol. The Labute approximate surface area is 160 Å². The monoisotopic (exact) mass is 377 g/mol. The lowest BCUT2D eigenvalue weighted by Crippen LogP contribution is -2.53. The summed E-state index contributed by atoms with van der Waals surface area (Å²) in [6, 6.07) is -0.507. The lowest BCUT2D eigenvalue weighted by Gasteiger charge is -2.35. The van der Waals surface area contributed by atoms with E-state index in [-0.39, 0.29) is 18.4 Å². The van der Waals surface area contributed by atoms with Gasteiger partial charge in [-0.05, 0) is 39.0 Å². The molecule has 0 bridgehead atoms. The van der Waals surface area contributed by atoms with E-state index in [1.807, 2.05) is 4.90 Å². The van der Waals surface area contributed by atoms with Crippen molar-refractivity contribution in [2.75, 3.05) is 19.6 Å². The third kappa shape index (κ3) is 4.86. The van der Waals surface area contributed by atoms with Crippen LogP contribution in [-0.2, 0) is 15.1 Å². The van der Waals surface area contributed by atoms with Gasteiger partial charge in [-0.2, -0.15) is 4.98 Å². The predicted molar refractivity (Wildman–Crippen MR) is 99.8 cm³/mol. The largest absolute Gasteiger partial charge is 0.343 e. The van der Waals surface area contributed by atoms with E-state index >= 15 is 0 Å². The fraction of sp³-hybridized carbons (Fsp3) is 0.789. The summed E-state index contributed by atoms with van der Waals surface area (Å²) in [6.07, 6.45) is 8.31. The summed E-state index contributed by atoms with van der Waals surface area (Å²) >= 11 is 0. The zero-order valence-corrected chi connectivity index (χ0v) is 16.4. The van der Waals surface area contributed by atoms with Crippen molar-refractivity contribution in [2.45, 2.75) is 76.8 Å². The fourth-order valence-corrected chi connectivity index (χ4v) is 4.12. The number of aryl methyl sites for hydroxylation is 1. The highest BCUT2D eigenvalue weighted by Gasteiger charge is 2.38. The first-order valence-electron chi connectivity index (χ1n) is 10.1. The SMILES string of the molecule is Cc1nc(C2(NCC(=O)NC(C)C(=O)N3CCCCC3)CCCCC2)no1. The minimum Gasteiger partial charge on any atom is -0.343 e. The van der Waals surface area contributed by atoms with E-state index in [4.69, 9.17) is 4.52 Å². The lowest BCUT2D eigenvalue weighted by atomic mass is 9.81. The van der Waals surface area contributed by atoms with Gasteiger partial charge < -0.3 is 14.7 Å². The first kappa shape index (κ1) is 19.8. The molecule has 1 saturated heterocycles. The molecule has 0 radical (unpaired) electrons. The van der Waals surface area contributed by atoms with Crippen LogP contribution in [-0.4, -0.2) is 52.5 Å². The second-order valence-corrected chi connectivity index (χ2v) is 7.81. The number of aromatic nitrogens is 2. The molecule has 0 spiro atoms. The number of amides is 2. The highest BCUT2D eigenvalue weighted by molar-refractivity contribution is 5.88. The maximum atomic E-state index is 12.5.